The molecule has 1 aliphatic heterocycles. The maximum absolute atomic E-state index is 9.64. The molecule has 1 N–H and O–H groups in total. The van der Waals surface area contributed by atoms with Crippen molar-refractivity contribution >= 4 is 33.9 Å². The molecule has 30 heavy (non-hydrogen) atoms. The van der Waals surface area contributed by atoms with E-state index in [0.717, 1.165) is 18.2 Å². The van der Waals surface area contributed by atoms with Crippen LogP contribution in [0.5, 0.6) is 23.0 Å². The Kier molecular flexibility index (Phi) is 5.96. The van der Waals surface area contributed by atoms with Crippen LogP contribution < -0.4 is 24.3 Å². The van der Waals surface area contributed by atoms with E-state index in [0.29, 0.717) is 57.9 Å². The van der Waals surface area contributed by atoms with E-state index in [4.69, 9.17) is 30.5 Å². The summed E-state index contributed by atoms with van der Waals surface area (Å²) in [4.78, 5) is 4.43. The summed E-state index contributed by atoms with van der Waals surface area (Å²) in [5, 5.41) is 13.7. The van der Waals surface area contributed by atoms with E-state index in [1.807, 2.05) is 30.3 Å². The maximum atomic E-state index is 9.64. The van der Waals surface area contributed by atoms with Crippen molar-refractivity contribution in [2.75, 3.05) is 31.7 Å². The highest BCUT2D eigenvalue weighted by Gasteiger charge is 2.20. The number of hydrogen-bond donors (Lipinski definition) is 1. The van der Waals surface area contributed by atoms with Gasteiger partial charge < -0.3 is 24.3 Å². The molecular weight excluding hydrogens is 406 g/mol. The first-order chi connectivity index (χ1) is 14.7. The zero-order chi connectivity index (χ0) is 20.9. The molecule has 0 atom stereocenters. The molecule has 4 rings (SSSR count). The van der Waals surface area contributed by atoms with Crippen molar-refractivity contribution in [3.63, 3.8) is 0 Å². The molecule has 0 bridgehead atoms. The summed E-state index contributed by atoms with van der Waals surface area (Å²) in [6.45, 7) is 0.692. The predicted molar refractivity (Wildman–Crippen MR) is 114 cm³/mol. The summed E-state index contributed by atoms with van der Waals surface area (Å²) in [6, 6.07) is 11.4. The van der Waals surface area contributed by atoms with Gasteiger partial charge in [0, 0.05) is 23.5 Å². The Hall–Kier alpha value is -3.37. The number of rotatable bonds is 8. The Morgan fingerprint density at radius 2 is 2.13 bits per heavy atom. The van der Waals surface area contributed by atoms with Gasteiger partial charge in [-0.05, 0) is 31.0 Å². The summed E-state index contributed by atoms with van der Waals surface area (Å²) in [5.41, 5.74) is 2.39. The first-order valence-corrected chi connectivity index (χ1v) is 10.0. The normalized spacial score (nSPS) is 11.9. The molecule has 2 heterocycles. The van der Waals surface area contributed by atoms with Crippen molar-refractivity contribution in [3.05, 3.63) is 42.1 Å². The molecule has 8 heteroatoms. The number of methoxy groups -OCH3 is 1. The van der Waals surface area contributed by atoms with Crippen LogP contribution in [0.1, 0.15) is 18.4 Å². The number of hydrogen-bond acceptors (Lipinski definition) is 7. The van der Waals surface area contributed by atoms with Gasteiger partial charge in [-0.15, -0.1) is 11.6 Å². The van der Waals surface area contributed by atoms with Gasteiger partial charge in [0.2, 0.25) is 6.79 Å². The van der Waals surface area contributed by atoms with Crippen LogP contribution in [0, 0.1) is 11.3 Å². The first kappa shape index (κ1) is 19.9. The second-order valence-corrected chi connectivity index (χ2v) is 6.97. The van der Waals surface area contributed by atoms with Gasteiger partial charge in [0.15, 0.2) is 23.0 Å². The van der Waals surface area contributed by atoms with E-state index in [1.165, 1.54) is 6.20 Å². The second kappa shape index (κ2) is 8.97. The number of fused-ring (bicyclic) bond motifs is 2. The number of nitrogens with one attached hydrogen (secondary N) is 1. The third-order valence-corrected chi connectivity index (χ3v) is 4.98. The van der Waals surface area contributed by atoms with Gasteiger partial charge >= 0.3 is 0 Å². The van der Waals surface area contributed by atoms with Crippen molar-refractivity contribution in [3.8, 4) is 29.1 Å². The van der Waals surface area contributed by atoms with E-state index in [-0.39, 0.29) is 6.79 Å². The van der Waals surface area contributed by atoms with E-state index in [9.17, 15) is 5.26 Å². The third-order valence-electron chi connectivity index (χ3n) is 4.72. The summed E-state index contributed by atoms with van der Waals surface area (Å²) in [7, 11) is 1.58. The number of aromatic nitrogens is 1. The van der Waals surface area contributed by atoms with Crippen molar-refractivity contribution in [1.82, 2.24) is 4.98 Å². The summed E-state index contributed by atoms with van der Waals surface area (Å²) in [6.07, 6.45) is 3.26. The quantitative estimate of drug-likeness (QED) is 0.402. The molecule has 1 aromatic heterocycles. The summed E-state index contributed by atoms with van der Waals surface area (Å²) >= 11 is 5.73. The molecule has 0 saturated carbocycles. The lowest BCUT2D eigenvalue weighted by atomic mass is 10.1. The number of alkyl halides is 1. The lowest BCUT2D eigenvalue weighted by Gasteiger charge is -2.16. The molecule has 0 unspecified atom stereocenters. The van der Waals surface area contributed by atoms with Crippen molar-refractivity contribution < 1.29 is 18.9 Å². The number of nitriles is 1. The van der Waals surface area contributed by atoms with Crippen molar-refractivity contribution in [2.45, 2.75) is 12.8 Å². The standard InChI is InChI=1S/C22H20ClN3O4/c1-27-19-9-15-17(10-20(19)28-8-3-2-7-23)25-12-14(11-24)21(15)26-16-5-4-6-18-22(16)30-13-29-18/h4-6,9-10,12H,2-3,7-8,13H2,1H3,(H,25,26). The highest BCUT2D eigenvalue weighted by Crippen LogP contribution is 2.43. The highest BCUT2D eigenvalue weighted by molar-refractivity contribution is 6.17. The van der Waals surface area contributed by atoms with Crippen molar-refractivity contribution in [1.29, 1.82) is 5.26 Å². The van der Waals surface area contributed by atoms with Crippen LogP contribution in [-0.4, -0.2) is 31.4 Å². The SMILES string of the molecule is COc1cc2c(Nc3cccc4c3OCO4)c(C#N)cnc2cc1OCCCCCl. The molecule has 3 aromatic rings. The summed E-state index contributed by atoms with van der Waals surface area (Å²) < 4.78 is 22.4. The third kappa shape index (κ3) is 3.87. The lowest BCUT2D eigenvalue weighted by molar-refractivity contribution is 0.174. The average molecular weight is 426 g/mol. The number of nitrogens with zero attached hydrogens (tertiary/aromatic N) is 2. The maximum Gasteiger partial charge on any atom is 0.231 e. The van der Waals surface area contributed by atoms with Crippen LogP contribution in [-0.2, 0) is 0 Å². The minimum absolute atomic E-state index is 0.161. The van der Waals surface area contributed by atoms with Crippen LogP contribution in [0.2, 0.25) is 0 Å². The van der Waals surface area contributed by atoms with Crippen LogP contribution in [0.3, 0.4) is 0 Å². The van der Waals surface area contributed by atoms with E-state index < -0.39 is 0 Å². The number of unbranched alkanes of at least 4 members (excludes halogenated alkanes) is 1. The number of pyridine rings is 1. The zero-order valence-electron chi connectivity index (χ0n) is 16.4. The Morgan fingerprint density at radius 1 is 1.23 bits per heavy atom. The Morgan fingerprint density at radius 3 is 2.93 bits per heavy atom. The molecule has 1 aliphatic rings. The molecule has 2 aromatic carbocycles. The number of halogens is 1. The van der Waals surface area contributed by atoms with Crippen LogP contribution >= 0.6 is 11.6 Å². The van der Waals surface area contributed by atoms with Gasteiger partial charge in [0.05, 0.1) is 36.2 Å². The number of anilines is 2. The number of para-hydroxylation sites is 1. The molecular formula is C22H20ClN3O4. The van der Waals surface area contributed by atoms with Gasteiger partial charge in [-0.25, -0.2) is 0 Å². The van der Waals surface area contributed by atoms with E-state index in [1.54, 1.807) is 7.11 Å². The number of benzene rings is 2. The fraction of sp³-hybridized carbons (Fsp3) is 0.273. The molecule has 0 saturated heterocycles. The van der Waals surface area contributed by atoms with E-state index in [2.05, 4.69) is 16.4 Å². The van der Waals surface area contributed by atoms with E-state index >= 15 is 0 Å². The van der Waals surface area contributed by atoms with Gasteiger partial charge in [-0.2, -0.15) is 5.26 Å². The fourth-order valence-corrected chi connectivity index (χ4v) is 3.42. The zero-order valence-corrected chi connectivity index (χ0v) is 17.2. The number of ether oxygens (including phenoxy) is 4. The largest absolute Gasteiger partial charge is 0.493 e. The topological polar surface area (TPSA) is 85.6 Å². The molecule has 0 aliphatic carbocycles. The minimum Gasteiger partial charge on any atom is -0.493 e. The molecule has 7 nitrogen and oxygen atoms in total. The van der Waals surface area contributed by atoms with Crippen LogP contribution in [0.15, 0.2) is 36.5 Å². The lowest BCUT2D eigenvalue weighted by Crippen LogP contribution is -2.02. The van der Waals surface area contributed by atoms with Crippen LogP contribution in [0.4, 0.5) is 11.4 Å². The molecule has 0 spiro atoms. The highest BCUT2D eigenvalue weighted by atomic mass is 35.5. The van der Waals surface area contributed by atoms with Gasteiger partial charge in [0.1, 0.15) is 6.07 Å². The average Bonchev–Trinajstić information content (AvgIpc) is 3.26. The summed E-state index contributed by atoms with van der Waals surface area (Å²) in [5.74, 6) is 3.02. The Balaban J connectivity index is 1.75. The Labute approximate surface area is 179 Å². The van der Waals surface area contributed by atoms with Gasteiger partial charge in [-0.3, -0.25) is 4.98 Å². The monoisotopic (exact) mass is 425 g/mol. The fourth-order valence-electron chi connectivity index (χ4n) is 3.23. The van der Waals surface area contributed by atoms with Gasteiger partial charge in [-0.1, -0.05) is 6.07 Å². The van der Waals surface area contributed by atoms with Crippen molar-refractivity contribution in [2.24, 2.45) is 0 Å². The molecule has 0 amide bonds. The second-order valence-electron chi connectivity index (χ2n) is 6.59. The minimum atomic E-state index is 0.161. The predicted octanol–water partition coefficient (Wildman–Crippen LogP) is 4.99. The molecule has 0 fully saturated rings. The van der Waals surface area contributed by atoms with Crippen LogP contribution in [0.25, 0.3) is 10.9 Å². The van der Waals surface area contributed by atoms with Gasteiger partial charge in [0.25, 0.3) is 0 Å². The Bertz CT molecular complexity index is 1110. The molecule has 154 valence electrons. The first-order valence-electron chi connectivity index (χ1n) is 9.50. The molecule has 0 radical (unpaired) electrons. The smallest absolute Gasteiger partial charge is 0.231 e.